The maximum Gasteiger partial charge on any atom is 0.307 e. The minimum Gasteiger partial charge on any atom is -0.481 e. The molecule has 1 fully saturated rings. The smallest absolute Gasteiger partial charge is 0.307 e. The fourth-order valence-electron chi connectivity index (χ4n) is 3.07. The molecule has 4 heteroatoms. The number of aliphatic carboxylic acids is 1. The monoisotopic (exact) mass is 269 g/mol. The molecular formula is C15H27NO3. The van der Waals surface area contributed by atoms with Gasteiger partial charge in [0, 0.05) is 6.04 Å². The molecule has 1 saturated carbocycles. The lowest BCUT2D eigenvalue weighted by atomic mass is 9.94. The van der Waals surface area contributed by atoms with Crippen LogP contribution in [-0.2, 0) is 9.59 Å². The standard InChI is InChI=1S/C15H27NO3/c1-4-7-11(6-3)16-14(17)12-8-10(5-2)9-13(12)15(18)19/h10-13H,4-9H2,1-3H3,(H,16,17)(H,18,19)/t10?,11?,12-,13+/m0/s1. The quantitative estimate of drug-likeness (QED) is 0.747. The molecule has 4 atom stereocenters. The molecule has 0 aromatic rings. The molecule has 0 bridgehead atoms. The Hall–Kier alpha value is -1.06. The van der Waals surface area contributed by atoms with Gasteiger partial charge in [-0.1, -0.05) is 33.6 Å². The van der Waals surface area contributed by atoms with E-state index in [1.165, 1.54) is 0 Å². The van der Waals surface area contributed by atoms with E-state index in [1.54, 1.807) is 0 Å². The third kappa shape index (κ3) is 4.22. The zero-order chi connectivity index (χ0) is 14.4. The Labute approximate surface area is 116 Å². The van der Waals surface area contributed by atoms with Gasteiger partial charge < -0.3 is 10.4 Å². The average Bonchev–Trinajstić information content (AvgIpc) is 2.82. The Kier molecular flexibility index (Phi) is 6.32. The van der Waals surface area contributed by atoms with E-state index in [-0.39, 0.29) is 17.9 Å². The lowest BCUT2D eigenvalue weighted by Crippen LogP contribution is -2.41. The van der Waals surface area contributed by atoms with Crippen LogP contribution in [0.1, 0.15) is 59.3 Å². The number of hydrogen-bond acceptors (Lipinski definition) is 2. The molecule has 1 aliphatic rings. The van der Waals surface area contributed by atoms with Crippen LogP contribution in [0.25, 0.3) is 0 Å². The Morgan fingerprint density at radius 3 is 2.32 bits per heavy atom. The van der Waals surface area contributed by atoms with E-state index in [1.807, 2.05) is 0 Å². The fourth-order valence-corrected chi connectivity index (χ4v) is 3.07. The molecule has 0 saturated heterocycles. The van der Waals surface area contributed by atoms with Crippen molar-refractivity contribution in [2.24, 2.45) is 17.8 Å². The first-order chi connectivity index (χ1) is 9.03. The van der Waals surface area contributed by atoms with E-state index in [4.69, 9.17) is 0 Å². The summed E-state index contributed by atoms with van der Waals surface area (Å²) in [6, 6.07) is 0.188. The molecule has 4 nitrogen and oxygen atoms in total. The highest BCUT2D eigenvalue weighted by atomic mass is 16.4. The largest absolute Gasteiger partial charge is 0.481 e. The highest BCUT2D eigenvalue weighted by Crippen LogP contribution is 2.38. The van der Waals surface area contributed by atoms with Crippen LogP contribution in [0.15, 0.2) is 0 Å². The number of carbonyl (C=O) groups is 2. The maximum absolute atomic E-state index is 12.3. The topological polar surface area (TPSA) is 66.4 Å². The summed E-state index contributed by atoms with van der Waals surface area (Å²) < 4.78 is 0. The van der Waals surface area contributed by atoms with Crippen LogP contribution >= 0.6 is 0 Å². The van der Waals surface area contributed by atoms with E-state index in [0.29, 0.717) is 12.3 Å². The summed E-state index contributed by atoms with van der Waals surface area (Å²) in [5.74, 6) is -1.33. The number of carboxylic acid groups (broad SMARTS) is 1. The van der Waals surface area contributed by atoms with Crippen molar-refractivity contribution < 1.29 is 14.7 Å². The summed E-state index contributed by atoms with van der Waals surface area (Å²) in [6.45, 7) is 6.21. The van der Waals surface area contributed by atoms with Crippen molar-refractivity contribution in [1.82, 2.24) is 5.32 Å². The molecule has 0 aromatic heterocycles. The third-order valence-electron chi connectivity index (χ3n) is 4.37. The van der Waals surface area contributed by atoms with Crippen LogP contribution in [0.5, 0.6) is 0 Å². The minimum absolute atomic E-state index is 0.0522. The summed E-state index contributed by atoms with van der Waals surface area (Å²) in [4.78, 5) is 23.6. The summed E-state index contributed by atoms with van der Waals surface area (Å²) in [5.41, 5.74) is 0. The normalized spacial score (nSPS) is 28.1. The highest BCUT2D eigenvalue weighted by molar-refractivity contribution is 5.85. The predicted octanol–water partition coefficient (Wildman–Crippen LogP) is 2.82. The van der Waals surface area contributed by atoms with Gasteiger partial charge in [0.25, 0.3) is 0 Å². The van der Waals surface area contributed by atoms with Crippen LogP contribution in [0.4, 0.5) is 0 Å². The number of carbonyl (C=O) groups excluding carboxylic acids is 1. The molecule has 110 valence electrons. The van der Waals surface area contributed by atoms with Gasteiger partial charge in [0.15, 0.2) is 0 Å². The van der Waals surface area contributed by atoms with E-state index < -0.39 is 11.9 Å². The van der Waals surface area contributed by atoms with Gasteiger partial charge in [-0.05, 0) is 31.6 Å². The molecule has 19 heavy (non-hydrogen) atoms. The second kappa shape index (κ2) is 7.51. The molecule has 0 spiro atoms. The molecule has 1 aliphatic carbocycles. The lowest BCUT2D eigenvalue weighted by molar-refractivity contribution is -0.146. The SMILES string of the molecule is CCCC(CC)NC(=O)[C@H]1CC(CC)C[C@H]1C(=O)O. The molecule has 1 rings (SSSR count). The maximum atomic E-state index is 12.3. The van der Waals surface area contributed by atoms with Crippen LogP contribution in [-0.4, -0.2) is 23.0 Å². The summed E-state index contributed by atoms with van der Waals surface area (Å²) in [5, 5.41) is 12.3. The highest BCUT2D eigenvalue weighted by Gasteiger charge is 2.42. The first kappa shape index (κ1) is 16.0. The molecule has 0 aliphatic heterocycles. The van der Waals surface area contributed by atoms with Crippen LogP contribution < -0.4 is 5.32 Å². The number of carboxylic acids is 1. The van der Waals surface area contributed by atoms with E-state index in [2.05, 4.69) is 26.1 Å². The second-order valence-electron chi connectivity index (χ2n) is 5.70. The van der Waals surface area contributed by atoms with Gasteiger partial charge in [-0.15, -0.1) is 0 Å². The van der Waals surface area contributed by atoms with E-state index in [9.17, 15) is 14.7 Å². The number of nitrogens with one attached hydrogen (secondary N) is 1. The first-order valence-electron chi connectivity index (χ1n) is 7.56. The fraction of sp³-hybridized carbons (Fsp3) is 0.867. The molecular weight excluding hydrogens is 242 g/mol. The zero-order valence-corrected chi connectivity index (χ0v) is 12.3. The van der Waals surface area contributed by atoms with E-state index >= 15 is 0 Å². The molecule has 0 heterocycles. The average molecular weight is 269 g/mol. The van der Waals surface area contributed by atoms with Crippen molar-refractivity contribution >= 4 is 11.9 Å². The number of rotatable bonds is 7. The van der Waals surface area contributed by atoms with Crippen molar-refractivity contribution in [2.45, 2.75) is 65.3 Å². The van der Waals surface area contributed by atoms with Crippen molar-refractivity contribution in [2.75, 3.05) is 0 Å². The zero-order valence-electron chi connectivity index (χ0n) is 12.3. The summed E-state index contributed by atoms with van der Waals surface area (Å²) in [6.07, 6.45) is 5.23. The first-order valence-corrected chi connectivity index (χ1v) is 7.56. The number of hydrogen-bond donors (Lipinski definition) is 2. The Balaban J connectivity index is 2.65. The van der Waals surface area contributed by atoms with Crippen molar-refractivity contribution in [3.8, 4) is 0 Å². The van der Waals surface area contributed by atoms with Crippen molar-refractivity contribution in [3.05, 3.63) is 0 Å². The van der Waals surface area contributed by atoms with Gasteiger partial charge in [0.2, 0.25) is 5.91 Å². The van der Waals surface area contributed by atoms with Gasteiger partial charge in [-0.25, -0.2) is 0 Å². The van der Waals surface area contributed by atoms with Gasteiger partial charge in [-0.2, -0.15) is 0 Å². The van der Waals surface area contributed by atoms with Crippen LogP contribution in [0.2, 0.25) is 0 Å². The Morgan fingerprint density at radius 2 is 1.84 bits per heavy atom. The molecule has 0 radical (unpaired) electrons. The van der Waals surface area contributed by atoms with Crippen molar-refractivity contribution in [1.29, 1.82) is 0 Å². The van der Waals surface area contributed by atoms with Gasteiger partial charge in [0.05, 0.1) is 11.8 Å². The van der Waals surface area contributed by atoms with Gasteiger partial charge in [0.1, 0.15) is 0 Å². The van der Waals surface area contributed by atoms with Crippen LogP contribution in [0, 0.1) is 17.8 Å². The minimum atomic E-state index is -0.820. The molecule has 2 N–H and O–H groups in total. The molecule has 0 aromatic carbocycles. The predicted molar refractivity (Wildman–Crippen MR) is 74.8 cm³/mol. The van der Waals surface area contributed by atoms with Gasteiger partial charge >= 0.3 is 5.97 Å². The van der Waals surface area contributed by atoms with Crippen LogP contribution in [0.3, 0.4) is 0 Å². The van der Waals surface area contributed by atoms with E-state index in [0.717, 1.165) is 32.1 Å². The Bertz CT molecular complexity index is 317. The lowest BCUT2D eigenvalue weighted by Gasteiger charge is -2.21. The number of amides is 1. The third-order valence-corrected chi connectivity index (χ3v) is 4.37. The molecule has 1 amide bonds. The Morgan fingerprint density at radius 1 is 1.21 bits per heavy atom. The molecule has 2 unspecified atom stereocenters. The summed E-state index contributed by atoms with van der Waals surface area (Å²) in [7, 11) is 0. The van der Waals surface area contributed by atoms with Gasteiger partial charge in [-0.3, -0.25) is 9.59 Å². The van der Waals surface area contributed by atoms with Crippen molar-refractivity contribution in [3.63, 3.8) is 0 Å². The summed E-state index contributed by atoms with van der Waals surface area (Å²) >= 11 is 0. The second-order valence-corrected chi connectivity index (χ2v) is 5.70.